The zero-order valence-corrected chi connectivity index (χ0v) is 12.7. The summed E-state index contributed by atoms with van der Waals surface area (Å²) in [5.74, 6) is -0.928. The van der Waals surface area contributed by atoms with Crippen molar-refractivity contribution in [3.63, 3.8) is 0 Å². The van der Waals surface area contributed by atoms with E-state index >= 15 is 0 Å². The third-order valence-corrected chi connectivity index (χ3v) is 4.06. The lowest BCUT2D eigenvalue weighted by molar-refractivity contribution is 0.432. The molecule has 0 spiro atoms. The third kappa shape index (κ3) is 2.85. The molecule has 3 rings (SSSR count). The Bertz CT molecular complexity index is 804. The van der Waals surface area contributed by atoms with Crippen molar-refractivity contribution >= 4 is 32.4 Å². The molecule has 0 saturated carbocycles. The van der Waals surface area contributed by atoms with E-state index in [2.05, 4.69) is 21.2 Å². The third-order valence-electron chi connectivity index (χ3n) is 3.37. The van der Waals surface area contributed by atoms with Crippen LogP contribution in [0.2, 0.25) is 0 Å². The topological polar surface area (TPSA) is 32.3 Å². The molecule has 0 heterocycles. The van der Waals surface area contributed by atoms with Gasteiger partial charge in [0.05, 0.1) is 0 Å². The lowest BCUT2D eigenvalue weighted by Gasteiger charge is -2.11. The molecule has 0 aromatic heterocycles. The Balaban J connectivity index is 1.88. The maximum absolute atomic E-state index is 13.3. The summed E-state index contributed by atoms with van der Waals surface area (Å²) in [5.41, 5.74) is 1.76. The lowest BCUT2D eigenvalue weighted by Crippen LogP contribution is -2.00. The van der Waals surface area contributed by atoms with Gasteiger partial charge in [0.25, 0.3) is 0 Å². The summed E-state index contributed by atoms with van der Waals surface area (Å²) in [5, 5.41) is 14.7. The van der Waals surface area contributed by atoms with E-state index in [0.717, 1.165) is 26.5 Å². The van der Waals surface area contributed by atoms with Crippen molar-refractivity contribution in [1.29, 1.82) is 0 Å². The molecule has 3 aromatic rings. The summed E-state index contributed by atoms with van der Waals surface area (Å²) in [7, 11) is 0. The van der Waals surface area contributed by atoms with Crippen LogP contribution in [0, 0.1) is 5.82 Å². The van der Waals surface area contributed by atoms with Crippen LogP contribution < -0.4 is 5.32 Å². The van der Waals surface area contributed by atoms with Crippen LogP contribution in [0.25, 0.3) is 10.8 Å². The first-order chi connectivity index (χ1) is 10.1. The molecule has 0 aliphatic heterocycles. The number of phenolic OH excluding ortho intramolecular Hbond substituents is 1. The number of fused-ring (bicyclic) bond motifs is 1. The van der Waals surface area contributed by atoms with Crippen molar-refractivity contribution in [2.75, 3.05) is 5.32 Å². The number of halogens is 2. The predicted molar refractivity (Wildman–Crippen MR) is 87.0 cm³/mol. The quantitative estimate of drug-likeness (QED) is 0.695. The number of aromatic hydroxyl groups is 1. The first kappa shape index (κ1) is 13.9. The Kier molecular flexibility index (Phi) is 3.80. The summed E-state index contributed by atoms with van der Waals surface area (Å²) in [4.78, 5) is 0. The maximum atomic E-state index is 13.3. The molecule has 4 heteroatoms. The van der Waals surface area contributed by atoms with Gasteiger partial charge in [0.15, 0.2) is 11.6 Å². The van der Waals surface area contributed by atoms with Crippen molar-refractivity contribution in [1.82, 2.24) is 0 Å². The van der Waals surface area contributed by atoms with Crippen LogP contribution in [0.15, 0.2) is 59.1 Å². The van der Waals surface area contributed by atoms with Gasteiger partial charge in [0.2, 0.25) is 0 Å². The number of benzene rings is 3. The molecular weight excluding hydrogens is 333 g/mol. The summed E-state index contributed by atoms with van der Waals surface area (Å²) < 4.78 is 14.4. The molecule has 0 atom stereocenters. The van der Waals surface area contributed by atoms with Crippen LogP contribution >= 0.6 is 15.9 Å². The molecule has 0 bridgehead atoms. The van der Waals surface area contributed by atoms with Crippen LogP contribution in [-0.2, 0) is 6.54 Å². The van der Waals surface area contributed by atoms with Gasteiger partial charge in [-0.05, 0) is 35.2 Å². The normalized spacial score (nSPS) is 10.8. The van der Waals surface area contributed by atoms with E-state index in [1.807, 2.05) is 36.4 Å². The summed E-state index contributed by atoms with van der Waals surface area (Å²) in [6.07, 6.45) is 0. The fraction of sp³-hybridized carbons (Fsp3) is 0.0588. The fourth-order valence-corrected chi connectivity index (χ4v) is 2.75. The van der Waals surface area contributed by atoms with Gasteiger partial charge in [-0.2, -0.15) is 0 Å². The Hall–Kier alpha value is -2.07. The van der Waals surface area contributed by atoms with E-state index in [0.29, 0.717) is 6.54 Å². The molecule has 0 amide bonds. The predicted octanol–water partition coefficient (Wildman–Crippen LogP) is 5.06. The number of nitrogens with one attached hydrogen (secondary N) is 1. The molecule has 0 fully saturated rings. The lowest BCUT2D eigenvalue weighted by atomic mass is 10.1. The standard InChI is InChI=1S/C17H13BrFNO/c18-14-6-7-16(13-4-2-1-3-12(13)14)20-10-11-5-8-17(21)15(19)9-11/h1-9,20-21H,10H2. The van der Waals surface area contributed by atoms with Crippen LogP contribution in [0.1, 0.15) is 5.56 Å². The van der Waals surface area contributed by atoms with Crippen molar-refractivity contribution < 1.29 is 9.50 Å². The van der Waals surface area contributed by atoms with Gasteiger partial charge in [-0.25, -0.2) is 4.39 Å². The van der Waals surface area contributed by atoms with Crippen molar-refractivity contribution in [3.8, 4) is 5.75 Å². The molecule has 106 valence electrons. The van der Waals surface area contributed by atoms with Gasteiger partial charge >= 0.3 is 0 Å². The van der Waals surface area contributed by atoms with E-state index in [-0.39, 0.29) is 5.75 Å². The second kappa shape index (κ2) is 5.74. The molecule has 0 aliphatic carbocycles. The van der Waals surface area contributed by atoms with Crippen molar-refractivity contribution in [2.45, 2.75) is 6.54 Å². The fourth-order valence-electron chi connectivity index (χ4n) is 2.27. The molecule has 0 radical (unpaired) electrons. The second-order valence-corrected chi connectivity index (χ2v) is 5.63. The smallest absolute Gasteiger partial charge is 0.165 e. The van der Waals surface area contributed by atoms with Gasteiger partial charge < -0.3 is 10.4 Å². The number of hydrogen-bond donors (Lipinski definition) is 2. The Morgan fingerprint density at radius 3 is 2.52 bits per heavy atom. The minimum Gasteiger partial charge on any atom is -0.505 e. The highest BCUT2D eigenvalue weighted by Gasteiger charge is 2.05. The highest BCUT2D eigenvalue weighted by Crippen LogP contribution is 2.30. The molecule has 0 unspecified atom stereocenters. The Labute approximate surface area is 130 Å². The van der Waals surface area contributed by atoms with Crippen molar-refractivity contribution in [3.05, 3.63) is 70.5 Å². The molecule has 2 nitrogen and oxygen atoms in total. The van der Waals surface area contributed by atoms with E-state index in [1.54, 1.807) is 6.07 Å². The number of phenols is 1. The summed E-state index contributed by atoms with van der Waals surface area (Å²) in [6.45, 7) is 0.489. The van der Waals surface area contributed by atoms with Crippen LogP contribution in [-0.4, -0.2) is 5.11 Å². The monoisotopic (exact) mass is 345 g/mol. The van der Waals surface area contributed by atoms with E-state index in [9.17, 15) is 9.50 Å². The maximum Gasteiger partial charge on any atom is 0.165 e. The highest BCUT2D eigenvalue weighted by molar-refractivity contribution is 9.10. The molecule has 0 aliphatic rings. The van der Waals surface area contributed by atoms with Crippen molar-refractivity contribution in [2.24, 2.45) is 0 Å². The van der Waals surface area contributed by atoms with E-state index < -0.39 is 5.82 Å². The minimum absolute atomic E-state index is 0.326. The number of rotatable bonds is 3. The molecule has 2 N–H and O–H groups in total. The number of anilines is 1. The van der Waals surface area contributed by atoms with Crippen LogP contribution in [0.5, 0.6) is 5.75 Å². The average Bonchev–Trinajstić information content (AvgIpc) is 2.50. The minimum atomic E-state index is -0.602. The van der Waals surface area contributed by atoms with Gasteiger partial charge in [0, 0.05) is 22.1 Å². The first-order valence-corrected chi connectivity index (χ1v) is 7.33. The van der Waals surface area contributed by atoms with Gasteiger partial charge in [-0.3, -0.25) is 0 Å². The molecular formula is C17H13BrFNO. The van der Waals surface area contributed by atoms with E-state index in [4.69, 9.17) is 0 Å². The first-order valence-electron chi connectivity index (χ1n) is 6.53. The Morgan fingerprint density at radius 1 is 1.00 bits per heavy atom. The van der Waals surface area contributed by atoms with Gasteiger partial charge in [-0.1, -0.05) is 46.3 Å². The largest absolute Gasteiger partial charge is 0.505 e. The average molecular weight is 346 g/mol. The zero-order chi connectivity index (χ0) is 14.8. The summed E-state index contributed by atoms with van der Waals surface area (Å²) >= 11 is 3.54. The van der Waals surface area contributed by atoms with Crippen LogP contribution in [0.4, 0.5) is 10.1 Å². The molecule has 21 heavy (non-hydrogen) atoms. The molecule has 3 aromatic carbocycles. The SMILES string of the molecule is Oc1ccc(CNc2ccc(Br)c3ccccc23)cc1F. The highest BCUT2D eigenvalue weighted by atomic mass is 79.9. The van der Waals surface area contributed by atoms with Crippen LogP contribution in [0.3, 0.4) is 0 Å². The second-order valence-electron chi connectivity index (χ2n) is 4.78. The van der Waals surface area contributed by atoms with Gasteiger partial charge in [0.1, 0.15) is 0 Å². The van der Waals surface area contributed by atoms with E-state index in [1.165, 1.54) is 12.1 Å². The zero-order valence-electron chi connectivity index (χ0n) is 11.1. The Morgan fingerprint density at radius 2 is 1.76 bits per heavy atom. The molecule has 0 saturated heterocycles. The number of hydrogen-bond acceptors (Lipinski definition) is 2. The van der Waals surface area contributed by atoms with Gasteiger partial charge in [-0.15, -0.1) is 0 Å². The summed E-state index contributed by atoms with van der Waals surface area (Å²) in [6, 6.07) is 16.4.